The predicted molar refractivity (Wildman–Crippen MR) is 135 cm³/mol. The molecule has 1 aliphatic rings. The van der Waals surface area contributed by atoms with Gasteiger partial charge in [-0.2, -0.15) is 0 Å². The summed E-state index contributed by atoms with van der Waals surface area (Å²) in [6.07, 6.45) is 2.98. The molecule has 8 nitrogen and oxygen atoms in total. The van der Waals surface area contributed by atoms with Gasteiger partial charge < -0.3 is 28.3 Å². The van der Waals surface area contributed by atoms with Crippen LogP contribution >= 0.6 is 0 Å². The minimum absolute atomic E-state index is 0.00706. The summed E-state index contributed by atoms with van der Waals surface area (Å²) in [4.78, 5) is 25.5. The van der Waals surface area contributed by atoms with Crippen molar-refractivity contribution < 1.29 is 28.5 Å². The molecular weight excluding hydrogens is 462 g/mol. The minimum Gasteiger partial charge on any atom is -0.497 e. The number of methoxy groups -OCH3 is 3. The highest BCUT2D eigenvalue weighted by molar-refractivity contribution is 5.89. The highest BCUT2D eigenvalue weighted by Crippen LogP contribution is 2.43. The Kier molecular flexibility index (Phi) is 7.95. The van der Waals surface area contributed by atoms with Crippen molar-refractivity contribution in [3.05, 3.63) is 75.6 Å². The molecule has 0 fully saturated rings. The van der Waals surface area contributed by atoms with Gasteiger partial charge in [0.15, 0.2) is 16.9 Å². The standard InChI is InChI=1S/C28H31NO7/c1-5-35-28(31)22-17-29-23(18-7-9-20(33-3)10-8-18)13-19-14-27(36-12-6-11-32-2)26(34-4)15-21(19)24(29)16-25(22)30/h7-10,14-17,23H,5-6,11-13H2,1-4H3. The van der Waals surface area contributed by atoms with Crippen molar-refractivity contribution in [3.63, 3.8) is 0 Å². The molecule has 36 heavy (non-hydrogen) atoms. The van der Waals surface area contributed by atoms with Crippen LogP contribution in [0, 0.1) is 0 Å². The SMILES string of the molecule is CCOC(=O)c1cn2c(cc1=O)-c1cc(OC)c(OCCCOC)cc1CC2c1ccc(OC)cc1. The molecule has 190 valence electrons. The van der Waals surface area contributed by atoms with Gasteiger partial charge in [-0.05, 0) is 48.7 Å². The minimum atomic E-state index is -0.630. The third-order valence-electron chi connectivity index (χ3n) is 6.24. The van der Waals surface area contributed by atoms with E-state index >= 15 is 0 Å². The molecule has 1 atom stereocenters. The summed E-state index contributed by atoms with van der Waals surface area (Å²) in [6, 6.07) is 13.0. The maximum atomic E-state index is 13.0. The largest absolute Gasteiger partial charge is 0.497 e. The number of aromatic nitrogens is 1. The number of fused-ring (bicyclic) bond motifs is 3. The average molecular weight is 494 g/mol. The molecule has 0 amide bonds. The van der Waals surface area contributed by atoms with Crippen LogP contribution in [0.25, 0.3) is 11.3 Å². The first-order chi connectivity index (χ1) is 17.5. The van der Waals surface area contributed by atoms with Crippen molar-refractivity contribution in [2.45, 2.75) is 25.8 Å². The van der Waals surface area contributed by atoms with Gasteiger partial charge in [0.05, 0.1) is 39.2 Å². The molecule has 1 aromatic heterocycles. The summed E-state index contributed by atoms with van der Waals surface area (Å²) in [5.41, 5.74) is 3.20. The van der Waals surface area contributed by atoms with Gasteiger partial charge >= 0.3 is 5.97 Å². The zero-order valence-corrected chi connectivity index (χ0v) is 21.0. The van der Waals surface area contributed by atoms with Crippen LogP contribution in [0.2, 0.25) is 0 Å². The summed E-state index contributed by atoms with van der Waals surface area (Å²) >= 11 is 0. The molecule has 2 heterocycles. The lowest BCUT2D eigenvalue weighted by atomic mass is 9.88. The molecule has 1 aliphatic heterocycles. The van der Waals surface area contributed by atoms with E-state index in [1.54, 1.807) is 34.4 Å². The molecule has 2 aromatic carbocycles. The average Bonchev–Trinajstić information content (AvgIpc) is 2.90. The summed E-state index contributed by atoms with van der Waals surface area (Å²) in [5, 5.41) is 0. The van der Waals surface area contributed by atoms with Crippen LogP contribution in [0.4, 0.5) is 0 Å². The molecule has 4 rings (SSSR count). The van der Waals surface area contributed by atoms with Crippen molar-refractivity contribution in [1.29, 1.82) is 0 Å². The second-order valence-electron chi connectivity index (χ2n) is 8.41. The number of rotatable bonds is 10. The van der Waals surface area contributed by atoms with E-state index in [-0.39, 0.29) is 23.6 Å². The molecule has 0 bridgehead atoms. The van der Waals surface area contributed by atoms with E-state index in [0.717, 1.165) is 28.9 Å². The van der Waals surface area contributed by atoms with Gasteiger partial charge in [0, 0.05) is 38.0 Å². The Morgan fingerprint density at radius 1 is 1.00 bits per heavy atom. The second kappa shape index (κ2) is 11.3. The number of hydrogen-bond acceptors (Lipinski definition) is 7. The first-order valence-electron chi connectivity index (χ1n) is 11.9. The number of pyridine rings is 1. The maximum Gasteiger partial charge on any atom is 0.343 e. The topological polar surface area (TPSA) is 85.2 Å². The van der Waals surface area contributed by atoms with E-state index in [2.05, 4.69) is 0 Å². The molecule has 0 saturated carbocycles. The van der Waals surface area contributed by atoms with Crippen LogP contribution in [-0.2, 0) is 15.9 Å². The summed E-state index contributed by atoms with van der Waals surface area (Å²) < 4.78 is 29.2. The van der Waals surface area contributed by atoms with Gasteiger partial charge in [0.1, 0.15) is 11.3 Å². The van der Waals surface area contributed by atoms with Gasteiger partial charge in [-0.25, -0.2) is 4.79 Å². The third-order valence-corrected chi connectivity index (χ3v) is 6.24. The Hall–Kier alpha value is -3.78. The normalized spacial score (nSPS) is 13.9. The van der Waals surface area contributed by atoms with E-state index in [4.69, 9.17) is 23.7 Å². The lowest BCUT2D eigenvalue weighted by Gasteiger charge is -2.32. The fourth-order valence-electron chi connectivity index (χ4n) is 4.46. The van der Waals surface area contributed by atoms with Crippen molar-refractivity contribution in [3.8, 4) is 28.5 Å². The molecule has 8 heteroatoms. The van der Waals surface area contributed by atoms with Crippen molar-refractivity contribution in [2.75, 3.05) is 41.2 Å². The first-order valence-corrected chi connectivity index (χ1v) is 11.9. The van der Waals surface area contributed by atoms with Crippen LogP contribution in [0.5, 0.6) is 17.2 Å². The first kappa shape index (κ1) is 25.3. The number of benzene rings is 2. The number of hydrogen-bond donors (Lipinski definition) is 0. The van der Waals surface area contributed by atoms with Gasteiger partial charge in [-0.3, -0.25) is 4.79 Å². The Balaban J connectivity index is 1.84. The lowest BCUT2D eigenvalue weighted by molar-refractivity contribution is 0.0523. The Morgan fingerprint density at radius 2 is 1.78 bits per heavy atom. The van der Waals surface area contributed by atoms with Crippen LogP contribution in [0.15, 0.2) is 53.5 Å². The van der Waals surface area contributed by atoms with Crippen LogP contribution in [0.1, 0.15) is 40.9 Å². The molecule has 0 spiro atoms. The monoisotopic (exact) mass is 493 g/mol. The number of esters is 1. The van der Waals surface area contributed by atoms with Crippen LogP contribution < -0.4 is 19.6 Å². The quantitative estimate of drug-likeness (QED) is 0.308. The number of nitrogens with zero attached hydrogens (tertiary/aromatic N) is 1. The Labute approximate surface area is 210 Å². The fourth-order valence-corrected chi connectivity index (χ4v) is 4.46. The van der Waals surface area contributed by atoms with E-state index in [1.165, 1.54) is 6.07 Å². The fraction of sp³-hybridized carbons (Fsp3) is 0.357. The van der Waals surface area contributed by atoms with Crippen molar-refractivity contribution in [1.82, 2.24) is 4.57 Å². The molecule has 0 aliphatic carbocycles. The van der Waals surface area contributed by atoms with Crippen molar-refractivity contribution in [2.24, 2.45) is 0 Å². The van der Waals surface area contributed by atoms with Crippen LogP contribution in [0.3, 0.4) is 0 Å². The second-order valence-corrected chi connectivity index (χ2v) is 8.41. The molecule has 3 aromatic rings. The zero-order chi connectivity index (χ0) is 25.7. The van der Waals surface area contributed by atoms with E-state index < -0.39 is 5.97 Å². The summed E-state index contributed by atoms with van der Waals surface area (Å²) in [5.74, 6) is 1.33. The number of carbonyl (C=O) groups is 1. The predicted octanol–water partition coefficient (Wildman–Crippen LogP) is 4.27. The molecule has 0 radical (unpaired) electrons. The van der Waals surface area contributed by atoms with E-state index in [1.807, 2.05) is 41.0 Å². The highest BCUT2D eigenvalue weighted by atomic mass is 16.5. The molecule has 0 N–H and O–H groups in total. The smallest absolute Gasteiger partial charge is 0.343 e. The maximum absolute atomic E-state index is 13.0. The lowest BCUT2D eigenvalue weighted by Crippen LogP contribution is -2.27. The van der Waals surface area contributed by atoms with Crippen LogP contribution in [-0.4, -0.2) is 51.7 Å². The van der Waals surface area contributed by atoms with E-state index in [9.17, 15) is 9.59 Å². The van der Waals surface area contributed by atoms with Gasteiger partial charge in [-0.15, -0.1) is 0 Å². The molecule has 1 unspecified atom stereocenters. The zero-order valence-electron chi connectivity index (χ0n) is 21.0. The Morgan fingerprint density at radius 3 is 2.44 bits per heavy atom. The van der Waals surface area contributed by atoms with E-state index in [0.29, 0.717) is 36.8 Å². The highest BCUT2D eigenvalue weighted by Gasteiger charge is 2.29. The van der Waals surface area contributed by atoms with Gasteiger partial charge in [0.25, 0.3) is 0 Å². The number of ether oxygens (including phenoxy) is 5. The Bertz CT molecular complexity index is 1280. The van der Waals surface area contributed by atoms with Gasteiger partial charge in [0.2, 0.25) is 0 Å². The van der Waals surface area contributed by atoms with Crippen molar-refractivity contribution >= 4 is 5.97 Å². The molecule has 0 saturated heterocycles. The summed E-state index contributed by atoms with van der Waals surface area (Å²) in [7, 11) is 4.87. The number of carbonyl (C=O) groups excluding carboxylic acids is 1. The third kappa shape index (κ3) is 5.09. The molecular formula is C28H31NO7. The summed E-state index contributed by atoms with van der Waals surface area (Å²) in [6.45, 7) is 3.00. The van der Waals surface area contributed by atoms with Gasteiger partial charge in [-0.1, -0.05) is 12.1 Å².